The zero-order valence-electron chi connectivity index (χ0n) is 10.7. The summed E-state index contributed by atoms with van der Waals surface area (Å²) in [7, 11) is 0. The molecule has 1 aromatic carbocycles. The van der Waals surface area contributed by atoms with Gasteiger partial charge in [-0.05, 0) is 37.3 Å². The summed E-state index contributed by atoms with van der Waals surface area (Å²) in [6, 6.07) is 9.49. The van der Waals surface area contributed by atoms with Crippen molar-refractivity contribution in [1.29, 1.82) is 0 Å². The third-order valence-corrected chi connectivity index (χ3v) is 2.79. The predicted octanol–water partition coefficient (Wildman–Crippen LogP) is 2.83. The van der Waals surface area contributed by atoms with Gasteiger partial charge in [0.2, 0.25) is 5.82 Å². The highest BCUT2D eigenvalue weighted by Gasteiger charge is 2.14. The number of aryl methyl sites for hydroxylation is 1. The van der Waals surface area contributed by atoms with Crippen molar-refractivity contribution in [3.63, 3.8) is 0 Å². The fourth-order valence-corrected chi connectivity index (χ4v) is 1.82. The SMILES string of the molecule is Cc1cccc(-c2noc(-c3cc(F)ccc3N)n2)n1. The molecule has 2 N–H and O–H groups in total. The highest BCUT2D eigenvalue weighted by atomic mass is 19.1. The Labute approximate surface area is 114 Å². The van der Waals surface area contributed by atoms with Gasteiger partial charge in [0.1, 0.15) is 11.5 Å². The van der Waals surface area contributed by atoms with Crippen molar-refractivity contribution in [1.82, 2.24) is 15.1 Å². The summed E-state index contributed by atoms with van der Waals surface area (Å²) in [5.41, 5.74) is 7.97. The Hall–Kier alpha value is -2.76. The van der Waals surface area contributed by atoms with Gasteiger partial charge in [0, 0.05) is 11.4 Å². The standard InChI is InChI=1S/C14H11FN4O/c1-8-3-2-4-12(17-8)13-18-14(20-19-13)10-7-9(15)5-6-11(10)16/h2-7H,16H2,1H3. The number of nitrogens with two attached hydrogens (primary N) is 1. The number of halogens is 1. The lowest BCUT2D eigenvalue weighted by Gasteiger charge is -1.99. The molecule has 0 saturated heterocycles. The summed E-state index contributed by atoms with van der Waals surface area (Å²) in [5.74, 6) is 0.0929. The van der Waals surface area contributed by atoms with E-state index in [9.17, 15) is 4.39 Å². The molecule has 6 heteroatoms. The van der Waals surface area contributed by atoms with E-state index < -0.39 is 5.82 Å². The molecular formula is C14H11FN4O. The van der Waals surface area contributed by atoms with E-state index in [0.717, 1.165) is 5.69 Å². The lowest BCUT2D eigenvalue weighted by molar-refractivity contribution is 0.432. The molecule has 3 rings (SSSR count). The first-order valence-electron chi connectivity index (χ1n) is 5.96. The largest absolute Gasteiger partial charge is 0.398 e. The quantitative estimate of drug-likeness (QED) is 0.724. The first-order valence-corrected chi connectivity index (χ1v) is 5.96. The third kappa shape index (κ3) is 2.23. The number of nitrogens with zero attached hydrogens (tertiary/aromatic N) is 3. The van der Waals surface area contributed by atoms with Gasteiger partial charge >= 0.3 is 0 Å². The molecule has 2 heterocycles. The number of pyridine rings is 1. The minimum Gasteiger partial charge on any atom is -0.398 e. The number of rotatable bonds is 2. The molecule has 0 amide bonds. The normalized spacial score (nSPS) is 10.7. The molecule has 5 nitrogen and oxygen atoms in total. The van der Waals surface area contributed by atoms with Crippen LogP contribution < -0.4 is 5.73 Å². The molecule has 0 aliphatic carbocycles. The Balaban J connectivity index is 2.04. The molecule has 0 aliphatic heterocycles. The first-order chi connectivity index (χ1) is 9.63. The van der Waals surface area contributed by atoms with E-state index >= 15 is 0 Å². The summed E-state index contributed by atoms with van der Waals surface area (Å²) in [6.07, 6.45) is 0. The Morgan fingerprint density at radius 2 is 2.00 bits per heavy atom. The van der Waals surface area contributed by atoms with Crippen LogP contribution in [0.15, 0.2) is 40.9 Å². The second-order valence-electron chi connectivity index (χ2n) is 4.32. The molecule has 0 radical (unpaired) electrons. The van der Waals surface area contributed by atoms with Gasteiger partial charge in [0.15, 0.2) is 0 Å². The van der Waals surface area contributed by atoms with Crippen molar-refractivity contribution < 1.29 is 8.91 Å². The molecule has 0 bridgehead atoms. The summed E-state index contributed by atoms with van der Waals surface area (Å²) < 4.78 is 18.4. The van der Waals surface area contributed by atoms with E-state index in [1.54, 1.807) is 6.07 Å². The lowest BCUT2D eigenvalue weighted by Crippen LogP contribution is -1.92. The van der Waals surface area contributed by atoms with Crippen LogP contribution in [-0.2, 0) is 0 Å². The molecule has 0 saturated carbocycles. The number of nitrogen functional groups attached to an aromatic ring is 1. The van der Waals surface area contributed by atoms with E-state index in [1.165, 1.54) is 18.2 Å². The van der Waals surface area contributed by atoms with Gasteiger partial charge in [-0.1, -0.05) is 11.2 Å². The van der Waals surface area contributed by atoms with E-state index in [0.29, 0.717) is 22.8 Å². The van der Waals surface area contributed by atoms with Crippen molar-refractivity contribution >= 4 is 5.69 Å². The lowest BCUT2D eigenvalue weighted by atomic mass is 10.2. The van der Waals surface area contributed by atoms with Crippen molar-refractivity contribution in [3.8, 4) is 23.0 Å². The second kappa shape index (κ2) is 4.73. The third-order valence-electron chi connectivity index (χ3n) is 2.79. The summed E-state index contributed by atoms with van der Waals surface area (Å²) in [5, 5.41) is 3.85. The van der Waals surface area contributed by atoms with Crippen LogP contribution in [0.2, 0.25) is 0 Å². The number of benzene rings is 1. The number of aromatic nitrogens is 3. The maximum atomic E-state index is 13.3. The van der Waals surface area contributed by atoms with Gasteiger partial charge in [-0.25, -0.2) is 9.37 Å². The number of hydrogen-bond acceptors (Lipinski definition) is 5. The monoisotopic (exact) mass is 270 g/mol. The van der Waals surface area contributed by atoms with Crippen LogP contribution >= 0.6 is 0 Å². The average Bonchev–Trinajstić information content (AvgIpc) is 2.91. The van der Waals surface area contributed by atoms with E-state index in [-0.39, 0.29) is 5.89 Å². The van der Waals surface area contributed by atoms with Crippen LogP contribution in [0.4, 0.5) is 10.1 Å². The Morgan fingerprint density at radius 1 is 1.15 bits per heavy atom. The second-order valence-corrected chi connectivity index (χ2v) is 4.32. The van der Waals surface area contributed by atoms with Crippen molar-refractivity contribution in [2.24, 2.45) is 0 Å². The van der Waals surface area contributed by atoms with Gasteiger partial charge in [-0.3, -0.25) is 0 Å². The first kappa shape index (κ1) is 12.3. The van der Waals surface area contributed by atoms with E-state index in [4.69, 9.17) is 10.3 Å². The van der Waals surface area contributed by atoms with Gasteiger partial charge < -0.3 is 10.3 Å². The van der Waals surface area contributed by atoms with Crippen molar-refractivity contribution in [2.45, 2.75) is 6.92 Å². The zero-order valence-corrected chi connectivity index (χ0v) is 10.7. The maximum Gasteiger partial charge on any atom is 0.260 e. The molecule has 2 aromatic heterocycles. The average molecular weight is 270 g/mol. The molecular weight excluding hydrogens is 259 g/mol. The van der Waals surface area contributed by atoms with Crippen LogP contribution in [0.1, 0.15) is 5.69 Å². The van der Waals surface area contributed by atoms with Gasteiger partial charge in [-0.2, -0.15) is 4.98 Å². The van der Waals surface area contributed by atoms with Crippen LogP contribution in [0.25, 0.3) is 23.0 Å². The molecule has 0 aliphatic rings. The minimum absolute atomic E-state index is 0.167. The van der Waals surface area contributed by atoms with Crippen LogP contribution in [0.5, 0.6) is 0 Å². The number of hydrogen-bond donors (Lipinski definition) is 1. The predicted molar refractivity (Wildman–Crippen MR) is 72.1 cm³/mol. The molecule has 100 valence electrons. The smallest absolute Gasteiger partial charge is 0.260 e. The van der Waals surface area contributed by atoms with Crippen molar-refractivity contribution in [2.75, 3.05) is 5.73 Å². The zero-order chi connectivity index (χ0) is 14.1. The topological polar surface area (TPSA) is 77.8 Å². The van der Waals surface area contributed by atoms with Gasteiger partial charge in [-0.15, -0.1) is 0 Å². The van der Waals surface area contributed by atoms with E-state index in [1.807, 2.05) is 19.1 Å². The maximum absolute atomic E-state index is 13.3. The van der Waals surface area contributed by atoms with Crippen LogP contribution in [0.3, 0.4) is 0 Å². The van der Waals surface area contributed by atoms with Gasteiger partial charge in [0.25, 0.3) is 5.89 Å². The summed E-state index contributed by atoms with van der Waals surface area (Å²) in [6.45, 7) is 1.87. The summed E-state index contributed by atoms with van der Waals surface area (Å²) in [4.78, 5) is 8.51. The molecule has 0 unspecified atom stereocenters. The fourth-order valence-electron chi connectivity index (χ4n) is 1.82. The Bertz CT molecular complexity index is 769. The molecule has 20 heavy (non-hydrogen) atoms. The van der Waals surface area contributed by atoms with E-state index in [2.05, 4.69) is 15.1 Å². The van der Waals surface area contributed by atoms with Crippen molar-refractivity contribution in [3.05, 3.63) is 47.9 Å². The molecule has 0 spiro atoms. The highest BCUT2D eigenvalue weighted by Crippen LogP contribution is 2.26. The number of anilines is 1. The molecule has 0 atom stereocenters. The van der Waals surface area contributed by atoms with Crippen LogP contribution in [-0.4, -0.2) is 15.1 Å². The van der Waals surface area contributed by atoms with Crippen LogP contribution in [0, 0.1) is 12.7 Å². The highest BCUT2D eigenvalue weighted by molar-refractivity contribution is 5.71. The minimum atomic E-state index is -0.414. The fraction of sp³-hybridized carbons (Fsp3) is 0.0714. The Morgan fingerprint density at radius 3 is 2.80 bits per heavy atom. The molecule has 0 fully saturated rings. The van der Waals surface area contributed by atoms with Gasteiger partial charge in [0.05, 0.1) is 5.56 Å². The molecule has 3 aromatic rings. The Kier molecular flexibility index (Phi) is 2.90. The summed E-state index contributed by atoms with van der Waals surface area (Å²) >= 11 is 0.